The van der Waals surface area contributed by atoms with E-state index in [1.54, 1.807) is 46.1 Å². The van der Waals surface area contributed by atoms with Gasteiger partial charge in [-0.05, 0) is 31.5 Å². The van der Waals surface area contributed by atoms with Gasteiger partial charge in [-0.15, -0.1) is 11.3 Å². The number of rotatable bonds is 8. The van der Waals surface area contributed by atoms with Crippen LogP contribution >= 0.6 is 11.3 Å². The van der Waals surface area contributed by atoms with Crippen LogP contribution in [0.25, 0.3) is 17.2 Å². The molecule has 0 aliphatic heterocycles. The molecule has 0 aliphatic carbocycles. The molecule has 178 valence electrons. The van der Waals surface area contributed by atoms with E-state index >= 15 is 0 Å². The molecule has 10 nitrogen and oxygen atoms in total. The number of hydrogen-bond donors (Lipinski definition) is 1. The summed E-state index contributed by atoms with van der Waals surface area (Å²) in [4.78, 5) is 55.1. The number of aromatic nitrogens is 1. The third-order valence-electron chi connectivity index (χ3n) is 4.50. The molecule has 11 heteroatoms. The monoisotopic (exact) mass is 485 g/mol. The maximum atomic E-state index is 12.4. The number of carbonyl (C=O) groups is 4. The molecular formula is C23H23N3O7S. The Morgan fingerprint density at radius 3 is 2.59 bits per heavy atom. The quantitative estimate of drug-likeness (QED) is 0.380. The lowest BCUT2D eigenvalue weighted by Gasteiger charge is -2.09. The van der Waals surface area contributed by atoms with E-state index in [2.05, 4.69) is 10.3 Å². The SMILES string of the molecule is CCOC(=O)c1c(NC(=O)COC(=O)/C=C/c2nc3ccccc3o2)sc(C(=O)N(C)C)c1C. The molecule has 2 amide bonds. The largest absolute Gasteiger partial charge is 0.462 e. The molecule has 2 heterocycles. The Bertz CT molecular complexity index is 1240. The molecular weight excluding hydrogens is 462 g/mol. The van der Waals surface area contributed by atoms with Gasteiger partial charge in [-0.3, -0.25) is 9.59 Å². The highest BCUT2D eigenvalue weighted by Gasteiger charge is 2.27. The second-order valence-electron chi connectivity index (χ2n) is 7.19. The zero-order chi connectivity index (χ0) is 24.8. The first-order chi connectivity index (χ1) is 16.2. The molecule has 0 atom stereocenters. The lowest BCUT2D eigenvalue weighted by atomic mass is 10.1. The number of nitrogens with zero attached hydrogens (tertiary/aromatic N) is 2. The third-order valence-corrected chi connectivity index (χ3v) is 5.69. The Morgan fingerprint density at radius 2 is 1.91 bits per heavy atom. The summed E-state index contributed by atoms with van der Waals surface area (Å²) in [6, 6.07) is 7.13. The van der Waals surface area contributed by atoms with Gasteiger partial charge in [0.25, 0.3) is 11.8 Å². The number of benzene rings is 1. The van der Waals surface area contributed by atoms with Crippen LogP contribution in [-0.2, 0) is 19.1 Å². The minimum absolute atomic E-state index is 0.0904. The zero-order valence-electron chi connectivity index (χ0n) is 19.0. The molecule has 0 saturated carbocycles. The number of amides is 2. The molecule has 1 aromatic carbocycles. The number of esters is 2. The summed E-state index contributed by atoms with van der Waals surface area (Å²) in [5.41, 5.74) is 1.71. The van der Waals surface area contributed by atoms with Crippen molar-refractivity contribution in [3.05, 3.63) is 52.2 Å². The van der Waals surface area contributed by atoms with Gasteiger partial charge in [0.2, 0.25) is 5.89 Å². The second kappa shape index (κ2) is 10.8. The van der Waals surface area contributed by atoms with E-state index in [-0.39, 0.29) is 29.0 Å². The van der Waals surface area contributed by atoms with E-state index in [4.69, 9.17) is 13.9 Å². The fraction of sp³-hybridized carbons (Fsp3) is 0.261. The highest BCUT2D eigenvalue weighted by molar-refractivity contribution is 7.18. The van der Waals surface area contributed by atoms with Crippen molar-refractivity contribution < 1.29 is 33.1 Å². The van der Waals surface area contributed by atoms with Crippen molar-refractivity contribution in [2.45, 2.75) is 13.8 Å². The molecule has 0 fully saturated rings. The van der Waals surface area contributed by atoms with Crippen LogP contribution in [0.2, 0.25) is 0 Å². The summed E-state index contributed by atoms with van der Waals surface area (Å²) in [6.45, 7) is 2.78. The molecule has 1 N–H and O–H groups in total. The summed E-state index contributed by atoms with van der Waals surface area (Å²) in [7, 11) is 3.16. The van der Waals surface area contributed by atoms with E-state index in [0.29, 0.717) is 21.5 Å². The van der Waals surface area contributed by atoms with Gasteiger partial charge in [-0.25, -0.2) is 14.6 Å². The van der Waals surface area contributed by atoms with Crippen molar-refractivity contribution in [1.29, 1.82) is 0 Å². The van der Waals surface area contributed by atoms with Gasteiger partial charge in [0, 0.05) is 26.2 Å². The van der Waals surface area contributed by atoms with E-state index in [1.807, 2.05) is 6.07 Å². The molecule has 0 saturated heterocycles. The minimum atomic E-state index is -0.783. The zero-order valence-corrected chi connectivity index (χ0v) is 19.9. The van der Waals surface area contributed by atoms with Gasteiger partial charge >= 0.3 is 11.9 Å². The lowest BCUT2D eigenvalue weighted by Crippen LogP contribution is -2.21. The fourth-order valence-corrected chi connectivity index (χ4v) is 4.14. The Balaban J connectivity index is 1.66. The van der Waals surface area contributed by atoms with Gasteiger partial charge in [0.05, 0.1) is 17.0 Å². The van der Waals surface area contributed by atoms with Crippen LogP contribution in [-0.4, -0.2) is 60.9 Å². The summed E-state index contributed by atoms with van der Waals surface area (Å²) in [5.74, 6) is -2.23. The van der Waals surface area contributed by atoms with Gasteiger partial charge in [-0.2, -0.15) is 0 Å². The number of ether oxygens (including phenoxy) is 2. The van der Waals surface area contributed by atoms with Crippen LogP contribution in [0.1, 0.15) is 38.4 Å². The van der Waals surface area contributed by atoms with Crippen molar-refractivity contribution in [3.8, 4) is 0 Å². The van der Waals surface area contributed by atoms with Crippen molar-refractivity contribution >= 4 is 57.3 Å². The summed E-state index contributed by atoms with van der Waals surface area (Å²) in [6.07, 6.45) is 2.42. The van der Waals surface area contributed by atoms with Crippen molar-refractivity contribution in [1.82, 2.24) is 9.88 Å². The Kier molecular flexibility index (Phi) is 7.79. The molecule has 0 aliphatic rings. The Hall–Kier alpha value is -3.99. The van der Waals surface area contributed by atoms with E-state index in [9.17, 15) is 19.2 Å². The average molecular weight is 486 g/mol. The molecule has 0 radical (unpaired) electrons. The van der Waals surface area contributed by atoms with Gasteiger partial charge in [-0.1, -0.05) is 12.1 Å². The van der Waals surface area contributed by atoms with Gasteiger partial charge in [0.1, 0.15) is 10.5 Å². The van der Waals surface area contributed by atoms with Crippen LogP contribution in [0, 0.1) is 6.92 Å². The van der Waals surface area contributed by atoms with Crippen LogP contribution in [0.15, 0.2) is 34.8 Å². The van der Waals surface area contributed by atoms with Crippen LogP contribution in [0.4, 0.5) is 5.00 Å². The number of anilines is 1. The first-order valence-electron chi connectivity index (χ1n) is 10.2. The van der Waals surface area contributed by atoms with Gasteiger partial charge < -0.3 is 24.1 Å². The Morgan fingerprint density at radius 1 is 1.18 bits per heavy atom. The number of thiophene rings is 1. The highest BCUT2D eigenvalue weighted by atomic mass is 32.1. The molecule has 34 heavy (non-hydrogen) atoms. The number of hydrogen-bond acceptors (Lipinski definition) is 9. The van der Waals surface area contributed by atoms with Crippen molar-refractivity contribution in [3.63, 3.8) is 0 Å². The molecule has 2 aromatic heterocycles. The topological polar surface area (TPSA) is 128 Å². The van der Waals surface area contributed by atoms with Crippen LogP contribution in [0.5, 0.6) is 0 Å². The molecule has 3 rings (SSSR count). The number of carbonyl (C=O) groups excluding carboxylic acids is 4. The lowest BCUT2D eigenvalue weighted by molar-refractivity contribution is -0.142. The maximum absolute atomic E-state index is 12.4. The van der Waals surface area contributed by atoms with E-state index < -0.39 is 24.5 Å². The Labute approximate surface area is 199 Å². The molecule has 3 aromatic rings. The summed E-state index contributed by atoms with van der Waals surface area (Å²) in [5, 5.41) is 2.67. The minimum Gasteiger partial charge on any atom is -0.462 e. The standard InChI is InChI=1S/C23H23N3O7S/c1-5-31-23(30)19-13(2)20(22(29)26(3)4)34-21(19)25-16(27)12-32-18(28)11-10-17-24-14-8-6-7-9-15(14)33-17/h6-11H,5,12H2,1-4H3,(H,25,27)/b11-10+. The normalized spacial score (nSPS) is 10.9. The van der Waals surface area contributed by atoms with Crippen molar-refractivity contribution in [2.75, 3.05) is 32.6 Å². The fourth-order valence-electron chi connectivity index (χ4n) is 2.91. The summed E-state index contributed by atoms with van der Waals surface area (Å²) < 4.78 is 15.5. The van der Waals surface area contributed by atoms with Gasteiger partial charge in [0.15, 0.2) is 12.2 Å². The third kappa shape index (κ3) is 5.67. The molecule has 0 spiro atoms. The predicted octanol–water partition coefficient (Wildman–Crippen LogP) is 3.27. The highest BCUT2D eigenvalue weighted by Crippen LogP contribution is 2.34. The second-order valence-corrected chi connectivity index (χ2v) is 8.21. The number of fused-ring (bicyclic) bond motifs is 1. The number of nitrogens with one attached hydrogen (secondary N) is 1. The number of oxazole rings is 1. The summed E-state index contributed by atoms with van der Waals surface area (Å²) >= 11 is 0.950. The van der Waals surface area contributed by atoms with Crippen LogP contribution in [0.3, 0.4) is 0 Å². The molecule has 0 unspecified atom stereocenters. The first kappa shape index (κ1) is 24.6. The smallest absolute Gasteiger partial charge is 0.341 e. The average Bonchev–Trinajstić information content (AvgIpc) is 3.36. The van der Waals surface area contributed by atoms with E-state index in [0.717, 1.165) is 17.4 Å². The van der Waals surface area contributed by atoms with Crippen LogP contribution < -0.4 is 5.32 Å². The maximum Gasteiger partial charge on any atom is 0.341 e. The van der Waals surface area contributed by atoms with E-state index in [1.165, 1.54) is 11.0 Å². The first-order valence-corrected chi connectivity index (χ1v) is 11.0. The number of para-hydroxylation sites is 2. The predicted molar refractivity (Wildman–Crippen MR) is 126 cm³/mol. The molecule has 0 bridgehead atoms. The van der Waals surface area contributed by atoms with Crippen molar-refractivity contribution in [2.24, 2.45) is 0 Å².